The molecule has 204 valence electrons. The fraction of sp³-hybridized carbons (Fsp3) is 0.419. The average molecular weight is 558 g/mol. The van der Waals surface area contributed by atoms with E-state index in [-0.39, 0.29) is 18.4 Å². The molecule has 0 aromatic heterocycles. The molecule has 1 aliphatic rings. The summed E-state index contributed by atoms with van der Waals surface area (Å²) in [5.74, 6) is 1.27. The van der Waals surface area contributed by atoms with E-state index in [1.165, 1.54) is 5.56 Å². The molecule has 2 atom stereocenters. The monoisotopic (exact) mass is 557 g/mol. The molecule has 2 N–H and O–H groups in total. The highest BCUT2D eigenvalue weighted by Gasteiger charge is 2.46. The van der Waals surface area contributed by atoms with E-state index >= 15 is 0 Å². The van der Waals surface area contributed by atoms with Crippen molar-refractivity contribution >= 4 is 19.5 Å². The lowest BCUT2D eigenvalue weighted by atomic mass is 9.93. The highest BCUT2D eigenvalue weighted by Crippen LogP contribution is 2.61. The minimum Gasteiger partial charge on any atom is -0.508 e. The van der Waals surface area contributed by atoms with Gasteiger partial charge in [-0.25, -0.2) is 0 Å². The van der Waals surface area contributed by atoms with Gasteiger partial charge in [0, 0.05) is 5.02 Å². The first-order valence-corrected chi connectivity index (χ1v) is 15.5. The lowest BCUT2D eigenvalue weighted by Crippen LogP contribution is -2.15. The van der Waals surface area contributed by atoms with Gasteiger partial charge in [0.15, 0.2) is 0 Å². The molecule has 3 aromatic carbocycles. The van der Waals surface area contributed by atoms with Crippen LogP contribution in [0.5, 0.6) is 11.5 Å². The van der Waals surface area contributed by atoms with Gasteiger partial charge in [0.25, 0.3) is 6.35 Å². The Hall–Kier alpha value is -2.14. The fourth-order valence-corrected chi connectivity index (χ4v) is 6.70. The van der Waals surface area contributed by atoms with Crippen molar-refractivity contribution in [3.63, 3.8) is 0 Å². The fourth-order valence-electron chi connectivity index (χ4n) is 4.95. The number of hydrogen-bond acceptors (Lipinski definition) is 5. The first kappa shape index (κ1) is 28.9. The topological polar surface area (TPSA) is 68.2 Å². The number of halogens is 1. The molecule has 0 amide bonds. The van der Waals surface area contributed by atoms with Gasteiger partial charge in [-0.1, -0.05) is 62.6 Å². The van der Waals surface area contributed by atoms with Gasteiger partial charge in [-0.3, -0.25) is 0 Å². The summed E-state index contributed by atoms with van der Waals surface area (Å²) < 4.78 is 18.3. The van der Waals surface area contributed by atoms with Crippen molar-refractivity contribution in [3.8, 4) is 11.5 Å². The van der Waals surface area contributed by atoms with Gasteiger partial charge >= 0.3 is 7.94 Å². The number of aromatic hydroxyl groups is 1. The molecule has 0 spiro atoms. The van der Waals surface area contributed by atoms with E-state index in [2.05, 4.69) is 33.8 Å². The van der Waals surface area contributed by atoms with Crippen LogP contribution in [0, 0.1) is 13.8 Å². The first-order valence-electron chi connectivity index (χ1n) is 13.4. The quantitative estimate of drug-likeness (QED) is 0.284. The molecule has 1 fully saturated rings. The van der Waals surface area contributed by atoms with Crippen LogP contribution < -0.4 is 4.74 Å². The lowest BCUT2D eigenvalue weighted by molar-refractivity contribution is 0.111. The van der Waals surface area contributed by atoms with Crippen LogP contribution in [0.2, 0.25) is 5.02 Å². The van der Waals surface area contributed by atoms with Crippen LogP contribution in [-0.4, -0.2) is 23.0 Å². The molecule has 7 heteroatoms. The number of aryl methyl sites for hydroxylation is 2. The molecule has 5 nitrogen and oxygen atoms in total. The zero-order valence-corrected chi connectivity index (χ0v) is 24.4. The van der Waals surface area contributed by atoms with Gasteiger partial charge in [-0.15, -0.1) is 0 Å². The molecule has 0 bridgehead atoms. The van der Waals surface area contributed by atoms with Crippen molar-refractivity contribution < 1.29 is 23.8 Å². The summed E-state index contributed by atoms with van der Waals surface area (Å²) in [5.41, 5.74) is 6.50. The zero-order chi connectivity index (χ0) is 27.3. The third-order valence-electron chi connectivity index (χ3n) is 7.07. The lowest BCUT2D eigenvalue weighted by Gasteiger charge is -2.22. The SMILES string of the molecule is Cc1cc(OC[P+]2(O)OCCCCC[C@@H](c3cccc(Cl)c3)O2)cc(C)c1Cc1ccc(O)c(C(C)C)c1. The zero-order valence-electron chi connectivity index (χ0n) is 22.7. The maximum Gasteiger partial charge on any atom is 0.449 e. The summed E-state index contributed by atoms with van der Waals surface area (Å²) >= 11 is 6.23. The molecule has 4 rings (SSSR count). The molecule has 1 unspecified atom stereocenters. The van der Waals surface area contributed by atoms with Gasteiger partial charge < -0.3 is 9.84 Å². The Balaban J connectivity index is 1.49. The van der Waals surface area contributed by atoms with Gasteiger partial charge in [-0.05, 0) is 103 Å². The van der Waals surface area contributed by atoms with Crippen LogP contribution in [-0.2, 0) is 15.5 Å². The Morgan fingerprint density at radius 1 is 1.03 bits per heavy atom. The molecule has 38 heavy (non-hydrogen) atoms. The summed E-state index contributed by atoms with van der Waals surface area (Å²) in [7, 11) is -3.27. The highest BCUT2D eigenvalue weighted by atomic mass is 35.5. The highest BCUT2D eigenvalue weighted by molar-refractivity contribution is 7.60. The largest absolute Gasteiger partial charge is 0.508 e. The standard InChI is InChI=1S/C31H38ClO5P/c1-21(2)28-17-24(12-13-30(28)33)18-29-22(3)15-27(16-23(29)4)35-20-38(34)36-14-7-5-6-11-31(37-38)25-9-8-10-26(32)19-25/h8-10,12-13,15-17,19,21,31,34H,5-7,11,14,18,20H2,1-4H3/p+1/t31-,38?/m0/s1. The first-order chi connectivity index (χ1) is 18.1. The predicted octanol–water partition coefficient (Wildman–Crippen LogP) is 8.82. The molecule has 1 saturated heterocycles. The van der Waals surface area contributed by atoms with E-state index in [1.807, 2.05) is 42.5 Å². The third kappa shape index (κ3) is 7.49. The third-order valence-corrected chi connectivity index (χ3v) is 8.94. The van der Waals surface area contributed by atoms with Crippen molar-refractivity contribution in [1.82, 2.24) is 0 Å². The van der Waals surface area contributed by atoms with Crippen molar-refractivity contribution in [2.24, 2.45) is 0 Å². The number of phenolic OH excluding ortho intramolecular Hbond substituents is 1. The molecule has 1 aliphatic heterocycles. The summed E-state index contributed by atoms with van der Waals surface area (Å²) in [4.78, 5) is 11.4. The average Bonchev–Trinajstić information content (AvgIpc) is 2.96. The van der Waals surface area contributed by atoms with Gasteiger partial charge in [0.05, 0.1) is 6.61 Å². The second kappa shape index (κ2) is 12.8. The molecule has 0 aliphatic carbocycles. The number of phenols is 1. The minimum atomic E-state index is -3.27. The smallest absolute Gasteiger partial charge is 0.449 e. The van der Waals surface area contributed by atoms with Crippen LogP contribution in [0.25, 0.3) is 0 Å². The summed E-state index contributed by atoms with van der Waals surface area (Å²) in [6, 6.07) is 17.5. The molecule has 0 saturated carbocycles. The number of ether oxygens (including phenoxy) is 1. The van der Waals surface area contributed by atoms with Gasteiger partial charge in [0.2, 0.25) is 0 Å². The number of hydrogen-bond donors (Lipinski definition) is 2. The molecule has 3 aromatic rings. The van der Waals surface area contributed by atoms with Crippen LogP contribution in [0.15, 0.2) is 54.6 Å². The Labute approximate surface area is 232 Å². The Morgan fingerprint density at radius 3 is 2.50 bits per heavy atom. The molecule has 1 heterocycles. The number of rotatable bonds is 7. The normalized spacial score (nSPS) is 20.6. The second-order valence-corrected chi connectivity index (χ2v) is 12.9. The van der Waals surface area contributed by atoms with Crippen molar-refractivity contribution in [2.75, 3.05) is 13.0 Å². The van der Waals surface area contributed by atoms with Crippen molar-refractivity contribution in [3.05, 3.63) is 93.0 Å². The van der Waals surface area contributed by atoms with E-state index in [4.69, 9.17) is 25.4 Å². The van der Waals surface area contributed by atoms with E-state index in [0.29, 0.717) is 23.1 Å². The molecule has 0 radical (unpaired) electrons. The Kier molecular flexibility index (Phi) is 9.73. The second-order valence-electron chi connectivity index (χ2n) is 10.5. The molecular formula is C31H39ClO5P+. The van der Waals surface area contributed by atoms with E-state index < -0.39 is 7.94 Å². The maximum atomic E-state index is 11.4. The Morgan fingerprint density at radius 2 is 1.79 bits per heavy atom. The maximum absolute atomic E-state index is 11.4. The van der Waals surface area contributed by atoms with E-state index in [1.54, 1.807) is 6.07 Å². The van der Waals surface area contributed by atoms with Crippen LogP contribution >= 0.6 is 19.5 Å². The van der Waals surface area contributed by atoms with E-state index in [0.717, 1.165) is 59.9 Å². The Bertz CT molecular complexity index is 1220. The minimum absolute atomic E-state index is 0.0436. The van der Waals surface area contributed by atoms with Crippen molar-refractivity contribution in [2.45, 2.75) is 71.8 Å². The predicted molar refractivity (Wildman–Crippen MR) is 155 cm³/mol. The van der Waals surface area contributed by atoms with Crippen LogP contribution in [0.4, 0.5) is 0 Å². The molecular weight excluding hydrogens is 519 g/mol. The van der Waals surface area contributed by atoms with Gasteiger partial charge in [0.1, 0.15) is 17.6 Å². The van der Waals surface area contributed by atoms with Crippen molar-refractivity contribution in [1.29, 1.82) is 0 Å². The number of benzene rings is 3. The van der Waals surface area contributed by atoms with Crippen LogP contribution in [0.3, 0.4) is 0 Å². The van der Waals surface area contributed by atoms with Gasteiger partial charge in [-0.2, -0.15) is 13.9 Å². The summed E-state index contributed by atoms with van der Waals surface area (Å²) in [6.07, 6.45) is 4.08. The van der Waals surface area contributed by atoms with Crippen LogP contribution in [0.1, 0.15) is 84.9 Å². The van der Waals surface area contributed by atoms with E-state index in [9.17, 15) is 10.00 Å². The summed E-state index contributed by atoms with van der Waals surface area (Å²) in [6.45, 7) is 8.76. The summed E-state index contributed by atoms with van der Waals surface area (Å²) in [5, 5.41) is 10.8.